The van der Waals surface area contributed by atoms with Crippen LogP contribution < -0.4 is 5.32 Å². The molecule has 7 rings (SSSR count). The van der Waals surface area contributed by atoms with Crippen molar-refractivity contribution in [2.75, 3.05) is 5.32 Å². The average molecular weight is 461 g/mol. The summed E-state index contributed by atoms with van der Waals surface area (Å²) in [7, 11) is 0. The lowest BCUT2D eigenvalue weighted by Gasteiger charge is -2.12. The number of rotatable bonds is 4. The van der Waals surface area contributed by atoms with Gasteiger partial charge < -0.3 is 9.88 Å². The molecule has 0 aliphatic carbocycles. The highest BCUT2D eigenvalue weighted by molar-refractivity contribution is 6.11. The van der Waals surface area contributed by atoms with E-state index in [1.54, 1.807) is 0 Å². The van der Waals surface area contributed by atoms with E-state index in [-0.39, 0.29) is 0 Å². The Balaban J connectivity index is 1.33. The number of nitrogens with zero attached hydrogens (tertiary/aromatic N) is 1. The molecule has 0 bridgehead atoms. The van der Waals surface area contributed by atoms with Gasteiger partial charge in [-0.25, -0.2) is 0 Å². The molecule has 6 aromatic carbocycles. The van der Waals surface area contributed by atoms with Crippen molar-refractivity contribution >= 4 is 44.0 Å². The molecule has 0 saturated heterocycles. The molecular formula is C34H24N2. The van der Waals surface area contributed by atoms with Crippen LogP contribution in [0.2, 0.25) is 0 Å². The Morgan fingerprint density at radius 1 is 0.417 bits per heavy atom. The molecule has 0 atom stereocenters. The van der Waals surface area contributed by atoms with Gasteiger partial charge in [0.1, 0.15) is 0 Å². The second-order valence-electron chi connectivity index (χ2n) is 9.15. The first-order chi connectivity index (χ1) is 17.8. The minimum absolute atomic E-state index is 1.08. The van der Waals surface area contributed by atoms with E-state index in [9.17, 15) is 0 Å². The summed E-state index contributed by atoms with van der Waals surface area (Å²) in [6.45, 7) is 0. The molecule has 7 aromatic rings. The third-order valence-electron chi connectivity index (χ3n) is 6.96. The van der Waals surface area contributed by atoms with Crippen molar-refractivity contribution in [3.63, 3.8) is 0 Å². The van der Waals surface area contributed by atoms with Crippen molar-refractivity contribution in [2.24, 2.45) is 0 Å². The van der Waals surface area contributed by atoms with Crippen molar-refractivity contribution in [1.82, 2.24) is 4.57 Å². The van der Waals surface area contributed by atoms with Gasteiger partial charge in [-0.1, -0.05) is 97.1 Å². The van der Waals surface area contributed by atoms with Gasteiger partial charge >= 0.3 is 0 Å². The molecule has 0 saturated carbocycles. The van der Waals surface area contributed by atoms with Crippen molar-refractivity contribution in [2.45, 2.75) is 0 Å². The predicted octanol–water partition coefficient (Wildman–Crippen LogP) is 9.35. The summed E-state index contributed by atoms with van der Waals surface area (Å²) < 4.78 is 2.39. The maximum Gasteiger partial charge on any atom is 0.0542 e. The molecule has 0 radical (unpaired) electrons. The Hall–Kier alpha value is -4.82. The number of benzene rings is 6. The Morgan fingerprint density at radius 3 is 1.92 bits per heavy atom. The average Bonchev–Trinajstić information content (AvgIpc) is 3.27. The van der Waals surface area contributed by atoms with Gasteiger partial charge in [-0.15, -0.1) is 0 Å². The van der Waals surface area contributed by atoms with Crippen LogP contribution in [0.5, 0.6) is 0 Å². The zero-order valence-electron chi connectivity index (χ0n) is 19.7. The second kappa shape index (κ2) is 8.44. The number of nitrogens with one attached hydrogen (secondary N) is 1. The number of para-hydroxylation sites is 1. The quantitative estimate of drug-likeness (QED) is 0.277. The SMILES string of the molecule is c1ccc(-c2ccc(Nc3ccc4c(c3)c3ccccc3n4-c3cccc4ccccc34)cc2)cc1. The highest BCUT2D eigenvalue weighted by Gasteiger charge is 2.14. The van der Waals surface area contributed by atoms with Crippen LogP contribution in [0.1, 0.15) is 0 Å². The topological polar surface area (TPSA) is 17.0 Å². The van der Waals surface area contributed by atoms with Crippen LogP contribution in [0.15, 0.2) is 140 Å². The third-order valence-corrected chi connectivity index (χ3v) is 6.96. The molecule has 0 aliphatic heterocycles. The van der Waals surface area contributed by atoms with Gasteiger partial charge in [-0.3, -0.25) is 0 Å². The molecule has 170 valence electrons. The van der Waals surface area contributed by atoms with Crippen molar-refractivity contribution in [3.8, 4) is 16.8 Å². The van der Waals surface area contributed by atoms with E-state index >= 15 is 0 Å². The molecule has 0 amide bonds. The first-order valence-electron chi connectivity index (χ1n) is 12.3. The summed E-state index contributed by atoms with van der Waals surface area (Å²) in [4.78, 5) is 0. The van der Waals surface area contributed by atoms with Crippen LogP contribution in [-0.2, 0) is 0 Å². The molecule has 2 nitrogen and oxygen atoms in total. The monoisotopic (exact) mass is 460 g/mol. The molecule has 1 heterocycles. The summed E-state index contributed by atoms with van der Waals surface area (Å²) in [6.07, 6.45) is 0. The summed E-state index contributed by atoms with van der Waals surface area (Å²) in [5.74, 6) is 0. The number of aromatic nitrogens is 1. The van der Waals surface area contributed by atoms with Gasteiger partial charge in [0.2, 0.25) is 0 Å². The first-order valence-corrected chi connectivity index (χ1v) is 12.3. The largest absolute Gasteiger partial charge is 0.356 e. The fraction of sp³-hybridized carbons (Fsp3) is 0. The summed E-state index contributed by atoms with van der Waals surface area (Å²) >= 11 is 0. The van der Waals surface area contributed by atoms with Gasteiger partial charge in [0.15, 0.2) is 0 Å². The Bertz CT molecular complexity index is 1840. The zero-order chi connectivity index (χ0) is 23.9. The lowest BCUT2D eigenvalue weighted by molar-refractivity contribution is 1.20. The van der Waals surface area contributed by atoms with Gasteiger partial charge in [-0.05, 0) is 59.0 Å². The second-order valence-corrected chi connectivity index (χ2v) is 9.15. The maximum atomic E-state index is 3.61. The fourth-order valence-electron chi connectivity index (χ4n) is 5.26. The van der Waals surface area contributed by atoms with E-state index in [0.717, 1.165) is 11.4 Å². The number of hydrogen-bond donors (Lipinski definition) is 1. The summed E-state index contributed by atoms with van der Waals surface area (Å²) in [6, 6.07) is 49.6. The number of hydrogen-bond acceptors (Lipinski definition) is 1. The van der Waals surface area contributed by atoms with E-state index in [2.05, 4.69) is 143 Å². The van der Waals surface area contributed by atoms with Crippen LogP contribution in [0, 0.1) is 0 Å². The summed E-state index contributed by atoms with van der Waals surface area (Å²) in [5.41, 5.74) is 8.23. The van der Waals surface area contributed by atoms with Crippen LogP contribution in [0.4, 0.5) is 11.4 Å². The number of fused-ring (bicyclic) bond motifs is 4. The molecule has 0 aliphatic rings. The van der Waals surface area contributed by atoms with Crippen molar-refractivity contribution < 1.29 is 0 Å². The highest BCUT2D eigenvalue weighted by atomic mass is 15.0. The van der Waals surface area contributed by atoms with Gasteiger partial charge in [0.25, 0.3) is 0 Å². The minimum atomic E-state index is 1.08. The van der Waals surface area contributed by atoms with E-state index in [1.165, 1.54) is 49.4 Å². The van der Waals surface area contributed by atoms with Gasteiger partial charge in [0, 0.05) is 27.5 Å². The van der Waals surface area contributed by atoms with Gasteiger partial charge in [0.05, 0.1) is 16.7 Å². The molecule has 2 heteroatoms. The molecule has 36 heavy (non-hydrogen) atoms. The van der Waals surface area contributed by atoms with Crippen LogP contribution >= 0.6 is 0 Å². The Labute approximate surface area is 210 Å². The lowest BCUT2D eigenvalue weighted by atomic mass is 10.1. The minimum Gasteiger partial charge on any atom is -0.356 e. The van der Waals surface area contributed by atoms with Crippen molar-refractivity contribution in [1.29, 1.82) is 0 Å². The molecule has 0 fully saturated rings. The van der Waals surface area contributed by atoms with Crippen LogP contribution in [0.3, 0.4) is 0 Å². The van der Waals surface area contributed by atoms with Gasteiger partial charge in [-0.2, -0.15) is 0 Å². The standard InChI is InChI=1S/C34H24N2/c1-2-9-24(10-3-1)25-17-19-27(20-18-25)35-28-21-22-34-31(23-28)30-14-6-7-15-33(30)36(34)32-16-8-12-26-11-4-5-13-29(26)32/h1-23,35H. The van der Waals surface area contributed by atoms with E-state index in [1.807, 2.05) is 6.07 Å². The van der Waals surface area contributed by atoms with E-state index in [0.29, 0.717) is 0 Å². The fourth-order valence-corrected chi connectivity index (χ4v) is 5.26. The lowest BCUT2D eigenvalue weighted by Crippen LogP contribution is -1.95. The van der Waals surface area contributed by atoms with Crippen molar-refractivity contribution in [3.05, 3.63) is 140 Å². The maximum absolute atomic E-state index is 3.61. The normalized spacial score (nSPS) is 11.3. The highest BCUT2D eigenvalue weighted by Crippen LogP contribution is 2.36. The smallest absolute Gasteiger partial charge is 0.0542 e. The number of anilines is 2. The predicted molar refractivity (Wildman–Crippen MR) is 153 cm³/mol. The van der Waals surface area contributed by atoms with Crippen LogP contribution in [-0.4, -0.2) is 4.57 Å². The molecule has 0 unspecified atom stereocenters. The third kappa shape index (κ3) is 3.43. The van der Waals surface area contributed by atoms with Crippen LogP contribution in [0.25, 0.3) is 49.4 Å². The molecule has 1 N–H and O–H groups in total. The Morgan fingerprint density at radius 2 is 1.06 bits per heavy atom. The molecular weight excluding hydrogens is 436 g/mol. The Kier molecular flexibility index (Phi) is 4.82. The van der Waals surface area contributed by atoms with E-state index < -0.39 is 0 Å². The summed E-state index contributed by atoms with van der Waals surface area (Å²) in [5, 5.41) is 8.60. The first kappa shape index (κ1) is 20.5. The molecule has 1 aromatic heterocycles. The zero-order valence-corrected chi connectivity index (χ0v) is 19.7. The molecule has 0 spiro atoms. The van der Waals surface area contributed by atoms with E-state index in [4.69, 9.17) is 0 Å².